The predicted octanol–water partition coefficient (Wildman–Crippen LogP) is 4.34. The van der Waals surface area contributed by atoms with Crippen molar-refractivity contribution in [2.45, 2.75) is 49.7 Å². The van der Waals surface area contributed by atoms with Crippen LogP contribution in [0.4, 0.5) is 0 Å². The number of Topliss-reactive ketones (excluding diaryl/α,β-unsaturated/α-hetero) is 1. The molecular formula is C24H26N2O4S. The quantitative estimate of drug-likeness (QED) is 0.296. The zero-order valence-electron chi connectivity index (χ0n) is 17.7. The smallest absolute Gasteiger partial charge is 0.262 e. The molecule has 2 heterocycles. The van der Waals surface area contributed by atoms with Gasteiger partial charge in [-0.25, -0.2) is 4.98 Å². The van der Waals surface area contributed by atoms with Crippen LogP contribution in [0.2, 0.25) is 0 Å². The first-order chi connectivity index (χ1) is 15.1. The number of hydrogen-bond acceptors (Lipinski definition) is 6. The fourth-order valence-electron chi connectivity index (χ4n) is 3.72. The van der Waals surface area contributed by atoms with Crippen molar-refractivity contribution in [1.29, 1.82) is 0 Å². The number of thioether (sulfide) groups is 1. The standard InChI is InChI=1S/C24H26N2O4S/c1-3-29-18-12-10-17(11-13-18)22(27)16(2)31-24-25-21-9-5-4-8-20(21)23(28)26(24)15-19-7-6-14-30-19/h4-5,8-13,16,19H,3,6-7,14-15H2,1-2H3/t16-,19+/m1/s1. The topological polar surface area (TPSA) is 70.4 Å². The summed E-state index contributed by atoms with van der Waals surface area (Å²) in [6, 6.07) is 14.5. The maximum Gasteiger partial charge on any atom is 0.262 e. The molecule has 0 unspecified atom stereocenters. The van der Waals surface area contributed by atoms with Gasteiger partial charge in [0.25, 0.3) is 5.56 Å². The van der Waals surface area contributed by atoms with E-state index in [9.17, 15) is 9.59 Å². The van der Waals surface area contributed by atoms with E-state index in [-0.39, 0.29) is 17.4 Å². The Morgan fingerprint density at radius 2 is 2.03 bits per heavy atom. The maximum absolute atomic E-state index is 13.2. The molecule has 0 bridgehead atoms. The minimum atomic E-state index is -0.401. The summed E-state index contributed by atoms with van der Waals surface area (Å²) in [6.45, 7) is 5.51. The Morgan fingerprint density at radius 3 is 2.74 bits per heavy atom. The van der Waals surface area contributed by atoms with Crippen molar-refractivity contribution in [2.24, 2.45) is 0 Å². The van der Waals surface area contributed by atoms with Gasteiger partial charge in [-0.3, -0.25) is 14.2 Å². The molecule has 162 valence electrons. The fourth-order valence-corrected chi connectivity index (χ4v) is 4.71. The van der Waals surface area contributed by atoms with Crippen molar-refractivity contribution in [3.8, 4) is 5.75 Å². The molecule has 1 aliphatic heterocycles. The van der Waals surface area contributed by atoms with Crippen LogP contribution in [0.3, 0.4) is 0 Å². The summed E-state index contributed by atoms with van der Waals surface area (Å²) >= 11 is 1.32. The van der Waals surface area contributed by atoms with Gasteiger partial charge >= 0.3 is 0 Å². The Balaban J connectivity index is 1.62. The van der Waals surface area contributed by atoms with Gasteiger partial charge in [0.1, 0.15) is 5.75 Å². The summed E-state index contributed by atoms with van der Waals surface area (Å²) in [5.41, 5.74) is 1.15. The number of ether oxygens (including phenoxy) is 2. The Bertz CT molecular complexity index is 1120. The molecule has 0 amide bonds. The normalized spacial score (nSPS) is 17.0. The molecule has 1 saturated heterocycles. The number of carbonyl (C=O) groups is 1. The average molecular weight is 439 g/mol. The molecule has 0 saturated carbocycles. The first kappa shape index (κ1) is 21.6. The lowest BCUT2D eigenvalue weighted by molar-refractivity contribution is 0.0937. The van der Waals surface area contributed by atoms with Gasteiger partial charge in [-0.1, -0.05) is 23.9 Å². The van der Waals surface area contributed by atoms with Gasteiger partial charge in [0.2, 0.25) is 0 Å². The summed E-state index contributed by atoms with van der Waals surface area (Å²) in [6.07, 6.45) is 1.91. The second-order valence-electron chi connectivity index (χ2n) is 7.54. The number of hydrogen-bond donors (Lipinski definition) is 0. The maximum atomic E-state index is 13.2. The van der Waals surface area contributed by atoms with Gasteiger partial charge in [-0.15, -0.1) is 0 Å². The minimum absolute atomic E-state index is 0.00266. The summed E-state index contributed by atoms with van der Waals surface area (Å²) in [4.78, 5) is 31.0. The molecule has 1 aliphatic rings. The van der Waals surface area contributed by atoms with E-state index < -0.39 is 5.25 Å². The Kier molecular flexibility index (Phi) is 6.73. The van der Waals surface area contributed by atoms with E-state index in [2.05, 4.69) is 0 Å². The van der Waals surface area contributed by atoms with E-state index in [1.165, 1.54) is 11.8 Å². The first-order valence-electron chi connectivity index (χ1n) is 10.6. The van der Waals surface area contributed by atoms with Crippen LogP contribution in [0.25, 0.3) is 10.9 Å². The van der Waals surface area contributed by atoms with Crippen molar-refractivity contribution < 1.29 is 14.3 Å². The highest BCUT2D eigenvalue weighted by molar-refractivity contribution is 8.00. The van der Waals surface area contributed by atoms with E-state index in [1.807, 2.05) is 32.0 Å². The van der Waals surface area contributed by atoms with Gasteiger partial charge < -0.3 is 9.47 Å². The number of benzene rings is 2. The lowest BCUT2D eigenvalue weighted by atomic mass is 10.1. The summed E-state index contributed by atoms with van der Waals surface area (Å²) < 4.78 is 12.9. The number of ketones is 1. The summed E-state index contributed by atoms with van der Waals surface area (Å²) in [5, 5.41) is 0.725. The van der Waals surface area contributed by atoms with Crippen LogP contribution in [0, 0.1) is 0 Å². The summed E-state index contributed by atoms with van der Waals surface area (Å²) in [5.74, 6) is 0.722. The highest BCUT2D eigenvalue weighted by atomic mass is 32.2. The van der Waals surface area contributed by atoms with E-state index >= 15 is 0 Å². The van der Waals surface area contributed by atoms with Crippen LogP contribution in [0.1, 0.15) is 37.0 Å². The predicted molar refractivity (Wildman–Crippen MR) is 122 cm³/mol. The monoisotopic (exact) mass is 438 g/mol. The number of carbonyl (C=O) groups excluding carboxylic acids is 1. The molecule has 3 aromatic rings. The second-order valence-corrected chi connectivity index (χ2v) is 8.85. The molecule has 4 rings (SSSR count). The molecule has 0 N–H and O–H groups in total. The molecule has 6 nitrogen and oxygen atoms in total. The van der Waals surface area contributed by atoms with Crippen LogP contribution in [-0.2, 0) is 11.3 Å². The largest absolute Gasteiger partial charge is 0.494 e. The molecule has 2 aromatic carbocycles. The van der Waals surface area contributed by atoms with Gasteiger partial charge in [0, 0.05) is 12.2 Å². The van der Waals surface area contributed by atoms with E-state index in [1.54, 1.807) is 34.9 Å². The molecule has 7 heteroatoms. The molecule has 2 atom stereocenters. The number of rotatable bonds is 8. The average Bonchev–Trinajstić information content (AvgIpc) is 3.30. The van der Waals surface area contributed by atoms with Gasteiger partial charge in [-0.2, -0.15) is 0 Å². The number of fused-ring (bicyclic) bond motifs is 1. The Hall–Kier alpha value is -2.64. The molecule has 1 aromatic heterocycles. The first-order valence-corrected chi connectivity index (χ1v) is 11.5. The van der Waals surface area contributed by atoms with Crippen molar-refractivity contribution in [2.75, 3.05) is 13.2 Å². The van der Waals surface area contributed by atoms with Crippen molar-refractivity contribution in [3.05, 3.63) is 64.4 Å². The third-order valence-corrected chi connectivity index (χ3v) is 6.43. The molecule has 0 aliphatic carbocycles. The van der Waals surface area contributed by atoms with Crippen molar-refractivity contribution in [1.82, 2.24) is 9.55 Å². The Morgan fingerprint density at radius 1 is 1.26 bits per heavy atom. The van der Waals surface area contributed by atoms with Crippen molar-refractivity contribution >= 4 is 28.4 Å². The van der Waals surface area contributed by atoms with Crippen LogP contribution in [0.15, 0.2) is 58.5 Å². The van der Waals surface area contributed by atoms with E-state index in [4.69, 9.17) is 14.5 Å². The van der Waals surface area contributed by atoms with Crippen LogP contribution in [0.5, 0.6) is 5.75 Å². The second kappa shape index (κ2) is 9.66. The van der Waals surface area contributed by atoms with E-state index in [0.29, 0.717) is 34.8 Å². The van der Waals surface area contributed by atoms with Crippen LogP contribution in [-0.4, -0.2) is 39.9 Å². The minimum Gasteiger partial charge on any atom is -0.494 e. The number of nitrogens with zero attached hydrogens (tertiary/aromatic N) is 2. The van der Waals surface area contributed by atoms with Crippen molar-refractivity contribution in [3.63, 3.8) is 0 Å². The van der Waals surface area contributed by atoms with Gasteiger partial charge in [0.15, 0.2) is 10.9 Å². The SMILES string of the molecule is CCOc1ccc(C(=O)[C@@H](C)Sc2nc3ccccc3c(=O)n2C[C@@H]2CCCO2)cc1. The highest BCUT2D eigenvalue weighted by Crippen LogP contribution is 2.27. The lowest BCUT2D eigenvalue weighted by Crippen LogP contribution is -2.29. The number of para-hydroxylation sites is 1. The highest BCUT2D eigenvalue weighted by Gasteiger charge is 2.23. The molecular weight excluding hydrogens is 412 g/mol. The Labute approximate surface area is 185 Å². The van der Waals surface area contributed by atoms with Crippen LogP contribution >= 0.6 is 11.8 Å². The van der Waals surface area contributed by atoms with Gasteiger partial charge in [0.05, 0.1) is 35.4 Å². The van der Waals surface area contributed by atoms with Gasteiger partial charge in [-0.05, 0) is 63.1 Å². The molecule has 31 heavy (non-hydrogen) atoms. The lowest BCUT2D eigenvalue weighted by Gasteiger charge is -2.18. The zero-order chi connectivity index (χ0) is 21.8. The third kappa shape index (κ3) is 4.83. The third-order valence-electron chi connectivity index (χ3n) is 5.34. The summed E-state index contributed by atoms with van der Waals surface area (Å²) in [7, 11) is 0. The van der Waals surface area contributed by atoms with Crippen LogP contribution < -0.4 is 10.3 Å². The molecule has 1 fully saturated rings. The fraction of sp³-hybridized carbons (Fsp3) is 0.375. The molecule has 0 radical (unpaired) electrons. The van der Waals surface area contributed by atoms with E-state index in [0.717, 1.165) is 25.2 Å². The zero-order valence-corrected chi connectivity index (χ0v) is 18.6. The molecule has 0 spiro atoms. The number of aromatic nitrogens is 2.